The predicted octanol–water partition coefficient (Wildman–Crippen LogP) is 3.07. The molecule has 1 aliphatic carbocycles. The van der Waals surface area contributed by atoms with Crippen molar-refractivity contribution < 1.29 is 5.11 Å². The summed E-state index contributed by atoms with van der Waals surface area (Å²) in [5.41, 5.74) is 9.43. The maximum atomic E-state index is 10.5. The van der Waals surface area contributed by atoms with Gasteiger partial charge in [0, 0.05) is 17.5 Å². The Balaban J connectivity index is 2.60. The first kappa shape index (κ1) is 12.4. The molecule has 0 amide bonds. The molecule has 0 aliphatic heterocycles. The van der Waals surface area contributed by atoms with E-state index in [1.807, 2.05) is 0 Å². The number of phenolic OH excluding ortho intramolecular Hbond substituents is 1. The lowest BCUT2D eigenvalue weighted by Crippen LogP contribution is -2.22. The number of aryl methyl sites for hydroxylation is 1. The van der Waals surface area contributed by atoms with Crippen molar-refractivity contribution in [3.05, 3.63) is 28.8 Å². The third-order valence-corrected chi connectivity index (χ3v) is 4.07. The first-order chi connectivity index (χ1) is 8.05. The zero-order chi connectivity index (χ0) is 12.6. The van der Waals surface area contributed by atoms with E-state index in [9.17, 15) is 5.11 Å². The summed E-state index contributed by atoms with van der Waals surface area (Å²) in [5.74, 6) is 0.937. The van der Waals surface area contributed by atoms with E-state index in [0.717, 1.165) is 30.4 Å². The van der Waals surface area contributed by atoms with E-state index < -0.39 is 0 Å². The molecule has 0 heterocycles. The number of nitrogens with two attached hydrogens (primary N) is 1. The number of benzene rings is 1. The van der Waals surface area contributed by atoms with E-state index in [0.29, 0.717) is 18.2 Å². The second kappa shape index (κ2) is 4.34. The average Bonchev–Trinajstić information content (AvgIpc) is 3.09. The molecule has 0 radical (unpaired) electrons. The Morgan fingerprint density at radius 2 is 2.00 bits per heavy atom. The summed E-state index contributed by atoms with van der Waals surface area (Å²) in [6.45, 7) is 7.08. The predicted molar refractivity (Wildman–Crippen MR) is 71.5 cm³/mol. The minimum Gasteiger partial charge on any atom is -0.507 e. The van der Waals surface area contributed by atoms with Crippen LogP contribution in [0.15, 0.2) is 12.1 Å². The maximum absolute atomic E-state index is 10.5. The standard InChI is InChI=1S/C15H23NO/c1-4-11-5-6-12(10(2)3)13(14(11)17)15(9-16)7-8-15/h5-6,10,17H,4,7-9,16H2,1-3H3. The van der Waals surface area contributed by atoms with Crippen LogP contribution in [0.3, 0.4) is 0 Å². The molecular weight excluding hydrogens is 210 g/mol. The van der Waals surface area contributed by atoms with Gasteiger partial charge in [-0.2, -0.15) is 0 Å². The normalized spacial score (nSPS) is 17.5. The molecule has 0 aromatic heterocycles. The Labute approximate surface area is 104 Å². The molecule has 1 aromatic rings. The van der Waals surface area contributed by atoms with Crippen LogP contribution in [0, 0.1) is 0 Å². The topological polar surface area (TPSA) is 46.2 Å². The largest absolute Gasteiger partial charge is 0.507 e. The highest BCUT2D eigenvalue weighted by atomic mass is 16.3. The van der Waals surface area contributed by atoms with Gasteiger partial charge >= 0.3 is 0 Å². The van der Waals surface area contributed by atoms with E-state index in [4.69, 9.17) is 5.73 Å². The summed E-state index contributed by atoms with van der Waals surface area (Å²) in [6.07, 6.45) is 3.10. The van der Waals surface area contributed by atoms with Crippen LogP contribution in [0.25, 0.3) is 0 Å². The molecule has 1 fully saturated rings. The zero-order valence-corrected chi connectivity index (χ0v) is 11.1. The highest BCUT2D eigenvalue weighted by Gasteiger charge is 2.46. The van der Waals surface area contributed by atoms with Crippen molar-refractivity contribution in [2.24, 2.45) is 5.73 Å². The first-order valence-corrected chi connectivity index (χ1v) is 6.61. The van der Waals surface area contributed by atoms with Gasteiger partial charge in [0.05, 0.1) is 0 Å². The van der Waals surface area contributed by atoms with Gasteiger partial charge in [0.15, 0.2) is 0 Å². The molecule has 2 nitrogen and oxygen atoms in total. The lowest BCUT2D eigenvalue weighted by atomic mass is 9.84. The SMILES string of the molecule is CCc1ccc(C(C)C)c(C2(CN)CC2)c1O. The summed E-state index contributed by atoms with van der Waals surface area (Å²) in [4.78, 5) is 0. The number of hydrogen-bond acceptors (Lipinski definition) is 2. The van der Waals surface area contributed by atoms with Crippen LogP contribution in [0.5, 0.6) is 5.75 Å². The molecule has 2 heteroatoms. The molecule has 3 N–H and O–H groups in total. The minimum absolute atomic E-state index is 0.0644. The van der Waals surface area contributed by atoms with Crippen LogP contribution >= 0.6 is 0 Å². The van der Waals surface area contributed by atoms with E-state index in [1.54, 1.807) is 0 Å². The summed E-state index contributed by atoms with van der Waals surface area (Å²) >= 11 is 0. The van der Waals surface area contributed by atoms with Gasteiger partial charge in [0.25, 0.3) is 0 Å². The smallest absolute Gasteiger partial charge is 0.122 e. The van der Waals surface area contributed by atoms with E-state index in [2.05, 4.69) is 32.9 Å². The fraction of sp³-hybridized carbons (Fsp3) is 0.600. The first-order valence-electron chi connectivity index (χ1n) is 6.61. The minimum atomic E-state index is 0.0644. The van der Waals surface area contributed by atoms with Gasteiger partial charge in [-0.15, -0.1) is 0 Å². The second-order valence-electron chi connectivity index (χ2n) is 5.53. The number of rotatable bonds is 4. The highest BCUT2D eigenvalue weighted by molar-refractivity contribution is 5.53. The molecule has 1 saturated carbocycles. The number of aromatic hydroxyl groups is 1. The molecule has 0 unspecified atom stereocenters. The third kappa shape index (κ3) is 1.95. The van der Waals surface area contributed by atoms with Crippen LogP contribution in [0.1, 0.15) is 56.2 Å². The van der Waals surface area contributed by atoms with E-state index in [-0.39, 0.29) is 5.41 Å². The van der Waals surface area contributed by atoms with E-state index >= 15 is 0 Å². The molecule has 1 aromatic carbocycles. The zero-order valence-electron chi connectivity index (χ0n) is 11.1. The lowest BCUT2D eigenvalue weighted by molar-refractivity contribution is 0.450. The fourth-order valence-corrected chi connectivity index (χ4v) is 2.68. The Hall–Kier alpha value is -1.02. The van der Waals surface area contributed by atoms with Crippen molar-refractivity contribution in [2.75, 3.05) is 6.54 Å². The Morgan fingerprint density at radius 1 is 1.35 bits per heavy atom. The van der Waals surface area contributed by atoms with Crippen LogP contribution < -0.4 is 5.73 Å². The molecule has 0 bridgehead atoms. The van der Waals surface area contributed by atoms with Gasteiger partial charge in [-0.25, -0.2) is 0 Å². The number of hydrogen-bond donors (Lipinski definition) is 2. The number of phenols is 1. The van der Waals surface area contributed by atoms with Crippen molar-refractivity contribution >= 4 is 0 Å². The van der Waals surface area contributed by atoms with Crippen molar-refractivity contribution in [3.8, 4) is 5.75 Å². The molecular formula is C15H23NO. The molecule has 0 spiro atoms. The quantitative estimate of drug-likeness (QED) is 0.839. The van der Waals surface area contributed by atoms with Gasteiger partial charge < -0.3 is 10.8 Å². The summed E-state index contributed by atoms with van der Waals surface area (Å²) in [5, 5.41) is 10.5. The third-order valence-electron chi connectivity index (χ3n) is 4.07. The summed E-state index contributed by atoms with van der Waals surface area (Å²) < 4.78 is 0. The average molecular weight is 233 g/mol. The van der Waals surface area contributed by atoms with Gasteiger partial charge in [-0.3, -0.25) is 0 Å². The van der Waals surface area contributed by atoms with Gasteiger partial charge in [0.2, 0.25) is 0 Å². The monoisotopic (exact) mass is 233 g/mol. The summed E-state index contributed by atoms with van der Waals surface area (Å²) in [7, 11) is 0. The van der Waals surface area contributed by atoms with Crippen LogP contribution in [-0.2, 0) is 11.8 Å². The van der Waals surface area contributed by atoms with Crippen molar-refractivity contribution in [1.82, 2.24) is 0 Å². The molecule has 0 atom stereocenters. The molecule has 1 aliphatic rings. The molecule has 0 saturated heterocycles. The Morgan fingerprint density at radius 3 is 2.41 bits per heavy atom. The second-order valence-corrected chi connectivity index (χ2v) is 5.53. The van der Waals surface area contributed by atoms with Gasteiger partial charge in [0.1, 0.15) is 5.75 Å². The maximum Gasteiger partial charge on any atom is 0.122 e. The molecule has 17 heavy (non-hydrogen) atoms. The highest BCUT2D eigenvalue weighted by Crippen LogP contribution is 2.53. The van der Waals surface area contributed by atoms with Crippen molar-refractivity contribution in [3.63, 3.8) is 0 Å². The Kier molecular flexibility index (Phi) is 3.17. The van der Waals surface area contributed by atoms with Crippen molar-refractivity contribution in [1.29, 1.82) is 0 Å². The Bertz CT molecular complexity index is 419. The summed E-state index contributed by atoms with van der Waals surface area (Å²) in [6, 6.07) is 4.23. The van der Waals surface area contributed by atoms with E-state index in [1.165, 1.54) is 5.56 Å². The fourth-order valence-electron chi connectivity index (χ4n) is 2.68. The van der Waals surface area contributed by atoms with Gasteiger partial charge in [-0.1, -0.05) is 32.9 Å². The lowest BCUT2D eigenvalue weighted by Gasteiger charge is -2.23. The van der Waals surface area contributed by atoms with Crippen LogP contribution in [0.4, 0.5) is 0 Å². The van der Waals surface area contributed by atoms with Crippen LogP contribution in [-0.4, -0.2) is 11.7 Å². The molecule has 94 valence electrons. The van der Waals surface area contributed by atoms with Crippen molar-refractivity contribution in [2.45, 2.75) is 51.4 Å². The molecule has 2 rings (SSSR count). The van der Waals surface area contributed by atoms with Gasteiger partial charge in [-0.05, 0) is 36.3 Å². The van der Waals surface area contributed by atoms with Crippen LogP contribution in [0.2, 0.25) is 0 Å².